The first kappa shape index (κ1) is 20.3. The monoisotopic (exact) mass is 413 g/mol. The number of alkyl halides is 3. The minimum Gasteiger partial charge on any atom is -0.317 e. The van der Waals surface area contributed by atoms with Gasteiger partial charge < -0.3 is 5.32 Å². The van der Waals surface area contributed by atoms with E-state index >= 15 is 0 Å². The van der Waals surface area contributed by atoms with Crippen LogP contribution < -0.4 is 10.9 Å². The molecule has 0 saturated carbocycles. The van der Waals surface area contributed by atoms with Crippen molar-refractivity contribution in [3.63, 3.8) is 0 Å². The summed E-state index contributed by atoms with van der Waals surface area (Å²) in [5.41, 5.74) is 0.369. The second kappa shape index (κ2) is 8.44. The van der Waals surface area contributed by atoms with Crippen LogP contribution >= 0.6 is 0 Å². The lowest BCUT2D eigenvalue weighted by Crippen LogP contribution is -2.33. The molecule has 0 radical (unpaired) electrons. The van der Waals surface area contributed by atoms with Crippen molar-refractivity contribution in [3.8, 4) is 11.3 Å². The number of nitrogens with zero attached hydrogens (tertiary/aromatic N) is 2. The van der Waals surface area contributed by atoms with Crippen molar-refractivity contribution in [2.75, 3.05) is 13.1 Å². The summed E-state index contributed by atoms with van der Waals surface area (Å²) >= 11 is 0. The number of nitrogens with one attached hydrogen (secondary N) is 1. The average Bonchev–Trinajstić information content (AvgIpc) is 2.76. The molecule has 3 aromatic rings. The van der Waals surface area contributed by atoms with Gasteiger partial charge in [-0.1, -0.05) is 48.5 Å². The molecule has 1 fully saturated rings. The zero-order valence-electron chi connectivity index (χ0n) is 16.3. The smallest absolute Gasteiger partial charge is 0.317 e. The minimum absolute atomic E-state index is 0.0145. The number of piperidine rings is 1. The van der Waals surface area contributed by atoms with Crippen molar-refractivity contribution in [1.29, 1.82) is 0 Å². The Morgan fingerprint density at radius 1 is 1.00 bits per heavy atom. The number of hydrogen-bond donors (Lipinski definition) is 1. The first-order valence-corrected chi connectivity index (χ1v) is 9.96. The highest BCUT2D eigenvalue weighted by Gasteiger charge is 2.33. The van der Waals surface area contributed by atoms with Crippen molar-refractivity contribution in [2.45, 2.75) is 31.5 Å². The lowest BCUT2D eigenvalue weighted by molar-refractivity contribution is -0.138. The Labute approximate surface area is 172 Å². The third kappa shape index (κ3) is 4.31. The largest absolute Gasteiger partial charge is 0.416 e. The SMILES string of the molecule is O=c1cc(-c2ccccc2)nc(C2CCNCC2)n1Cc1ccccc1C(F)(F)F. The number of rotatable bonds is 4. The lowest BCUT2D eigenvalue weighted by atomic mass is 9.96. The van der Waals surface area contributed by atoms with Gasteiger partial charge >= 0.3 is 6.18 Å². The molecule has 0 aliphatic carbocycles. The maximum Gasteiger partial charge on any atom is 0.416 e. The Kier molecular flexibility index (Phi) is 5.72. The second-order valence-electron chi connectivity index (χ2n) is 7.47. The van der Waals surface area contributed by atoms with Gasteiger partial charge in [0.15, 0.2) is 0 Å². The fraction of sp³-hybridized carbons (Fsp3) is 0.304. The standard InChI is InChI=1S/C23H22F3N3O/c24-23(25,26)19-9-5-4-8-18(19)15-29-21(30)14-20(16-6-2-1-3-7-16)28-22(29)17-10-12-27-13-11-17/h1-9,14,17,27H,10-13,15H2. The maximum absolute atomic E-state index is 13.5. The van der Waals surface area contributed by atoms with Gasteiger partial charge in [-0.05, 0) is 37.6 Å². The van der Waals surface area contributed by atoms with Gasteiger partial charge in [0.25, 0.3) is 5.56 Å². The Morgan fingerprint density at radius 3 is 2.37 bits per heavy atom. The van der Waals surface area contributed by atoms with Crippen LogP contribution in [0.25, 0.3) is 11.3 Å². The van der Waals surface area contributed by atoms with Crippen molar-refractivity contribution >= 4 is 0 Å². The van der Waals surface area contributed by atoms with Gasteiger partial charge in [0.2, 0.25) is 0 Å². The highest BCUT2D eigenvalue weighted by molar-refractivity contribution is 5.58. The van der Waals surface area contributed by atoms with Crippen molar-refractivity contribution in [2.24, 2.45) is 0 Å². The van der Waals surface area contributed by atoms with Crippen LogP contribution in [0.2, 0.25) is 0 Å². The summed E-state index contributed by atoms with van der Waals surface area (Å²) in [6.45, 7) is 1.42. The molecule has 0 unspecified atom stereocenters. The van der Waals surface area contributed by atoms with Crippen LogP contribution in [0, 0.1) is 0 Å². The molecule has 4 nitrogen and oxygen atoms in total. The fourth-order valence-electron chi connectivity index (χ4n) is 3.94. The van der Waals surface area contributed by atoms with Gasteiger partial charge in [0.05, 0.1) is 17.8 Å². The van der Waals surface area contributed by atoms with E-state index in [-0.39, 0.29) is 23.6 Å². The molecule has 4 rings (SSSR count). The van der Waals surface area contributed by atoms with E-state index in [1.165, 1.54) is 22.8 Å². The van der Waals surface area contributed by atoms with Crippen LogP contribution in [0.5, 0.6) is 0 Å². The second-order valence-corrected chi connectivity index (χ2v) is 7.47. The first-order valence-electron chi connectivity index (χ1n) is 9.96. The summed E-state index contributed by atoms with van der Waals surface area (Å²) in [5.74, 6) is 0.570. The Morgan fingerprint density at radius 2 is 1.67 bits per heavy atom. The van der Waals surface area contributed by atoms with Crippen LogP contribution in [-0.2, 0) is 12.7 Å². The highest BCUT2D eigenvalue weighted by Crippen LogP contribution is 2.33. The molecule has 0 spiro atoms. The van der Waals surface area contributed by atoms with Crippen LogP contribution in [0.4, 0.5) is 13.2 Å². The summed E-state index contributed by atoms with van der Waals surface area (Å²) in [6, 6.07) is 16.2. The lowest BCUT2D eigenvalue weighted by Gasteiger charge is -2.26. The summed E-state index contributed by atoms with van der Waals surface area (Å²) < 4.78 is 41.9. The molecule has 1 N–H and O–H groups in total. The molecule has 2 heterocycles. The Bertz CT molecular complexity index is 1070. The number of halogens is 3. The normalized spacial score (nSPS) is 15.3. The summed E-state index contributed by atoms with van der Waals surface area (Å²) in [5, 5.41) is 3.28. The highest BCUT2D eigenvalue weighted by atomic mass is 19.4. The molecule has 0 atom stereocenters. The summed E-state index contributed by atoms with van der Waals surface area (Å²) in [4.78, 5) is 17.8. The van der Waals surface area contributed by atoms with Crippen LogP contribution in [-0.4, -0.2) is 22.6 Å². The molecule has 156 valence electrons. The third-order valence-corrected chi connectivity index (χ3v) is 5.46. The Balaban J connectivity index is 1.82. The van der Waals surface area contributed by atoms with Crippen molar-refractivity contribution in [1.82, 2.24) is 14.9 Å². The van der Waals surface area contributed by atoms with Gasteiger partial charge in [0.1, 0.15) is 5.82 Å². The van der Waals surface area contributed by atoms with E-state index < -0.39 is 11.7 Å². The van der Waals surface area contributed by atoms with E-state index in [2.05, 4.69) is 5.32 Å². The fourth-order valence-corrected chi connectivity index (χ4v) is 3.94. The number of aromatic nitrogens is 2. The molecule has 2 aromatic carbocycles. The zero-order valence-corrected chi connectivity index (χ0v) is 16.3. The molecule has 30 heavy (non-hydrogen) atoms. The van der Waals surface area contributed by atoms with E-state index in [9.17, 15) is 18.0 Å². The van der Waals surface area contributed by atoms with Crippen molar-refractivity contribution in [3.05, 3.63) is 88.0 Å². The van der Waals surface area contributed by atoms with Crippen LogP contribution in [0.15, 0.2) is 65.5 Å². The average molecular weight is 413 g/mol. The van der Waals surface area contributed by atoms with Gasteiger partial charge in [-0.25, -0.2) is 4.98 Å². The third-order valence-electron chi connectivity index (χ3n) is 5.46. The van der Waals surface area contributed by atoms with E-state index in [1.807, 2.05) is 30.3 Å². The number of hydrogen-bond acceptors (Lipinski definition) is 3. The molecule has 7 heteroatoms. The van der Waals surface area contributed by atoms with E-state index in [1.54, 1.807) is 6.07 Å². The van der Waals surface area contributed by atoms with E-state index in [0.717, 1.165) is 37.6 Å². The topological polar surface area (TPSA) is 46.9 Å². The van der Waals surface area contributed by atoms with Crippen LogP contribution in [0.1, 0.15) is 35.7 Å². The molecule has 1 aliphatic heterocycles. The summed E-state index contributed by atoms with van der Waals surface area (Å²) in [7, 11) is 0. The summed E-state index contributed by atoms with van der Waals surface area (Å²) in [6.07, 6.45) is -2.91. The predicted molar refractivity (Wildman–Crippen MR) is 109 cm³/mol. The zero-order chi connectivity index (χ0) is 21.1. The minimum atomic E-state index is -4.48. The van der Waals surface area contributed by atoms with E-state index in [4.69, 9.17) is 4.98 Å². The predicted octanol–water partition coefficient (Wildman–Crippen LogP) is 4.44. The molecule has 1 aromatic heterocycles. The molecule has 1 aliphatic rings. The molecule has 0 bridgehead atoms. The first-order chi connectivity index (χ1) is 14.4. The number of benzene rings is 2. The van der Waals surface area contributed by atoms with Gasteiger partial charge in [-0.15, -0.1) is 0 Å². The maximum atomic E-state index is 13.5. The van der Waals surface area contributed by atoms with Gasteiger partial charge in [-0.3, -0.25) is 9.36 Å². The van der Waals surface area contributed by atoms with Crippen molar-refractivity contribution < 1.29 is 13.2 Å². The molecule has 1 saturated heterocycles. The molecular formula is C23H22F3N3O. The van der Waals surface area contributed by atoms with Gasteiger partial charge in [-0.2, -0.15) is 13.2 Å². The molecular weight excluding hydrogens is 391 g/mol. The van der Waals surface area contributed by atoms with Crippen LogP contribution in [0.3, 0.4) is 0 Å². The van der Waals surface area contributed by atoms with Gasteiger partial charge in [0, 0.05) is 17.5 Å². The molecule has 0 amide bonds. The Hall–Kier alpha value is -2.93. The van der Waals surface area contributed by atoms with E-state index in [0.29, 0.717) is 11.5 Å². The quantitative estimate of drug-likeness (QED) is 0.688.